The number of rotatable bonds is 6. The average Bonchev–Trinajstić information content (AvgIpc) is 3.29. The normalized spacial score (nSPS) is 13.8. The molecule has 4 aromatic rings. The molecule has 0 radical (unpaired) electrons. The maximum absolute atomic E-state index is 6.04. The van der Waals surface area contributed by atoms with E-state index in [1.165, 1.54) is 0 Å². The summed E-state index contributed by atoms with van der Waals surface area (Å²) in [7, 11) is 0. The Morgan fingerprint density at radius 2 is 1.96 bits per heavy atom. The van der Waals surface area contributed by atoms with Crippen LogP contribution in [0.4, 0.5) is 0 Å². The Morgan fingerprint density at radius 1 is 1.11 bits per heavy atom. The van der Waals surface area contributed by atoms with Crippen LogP contribution >= 0.6 is 23.4 Å². The van der Waals surface area contributed by atoms with Crippen molar-refractivity contribution in [1.29, 1.82) is 0 Å². The Kier molecular flexibility index (Phi) is 4.58. The third-order valence-corrected chi connectivity index (χ3v) is 5.55. The van der Waals surface area contributed by atoms with Gasteiger partial charge in [-0.1, -0.05) is 40.7 Å². The number of pyridine rings is 1. The molecule has 1 aromatic carbocycles. The van der Waals surface area contributed by atoms with Crippen LogP contribution in [0.1, 0.15) is 24.8 Å². The smallest absolute Gasteiger partial charge is 0.237 e. The Morgan fingerprint density at radius 3 is 2.75 bits per heavy atom. The van der Waals surface area contributed by atoms with Crippen LogP contribution in [0.5, 0.6) is 0 Å². The Hall–Kier alpha value is -2.71. The van der Waals surface area contributed by atoms with Crippen molar-refractivity contribution in [3.63, 3.8) is 0 Å². The molecule has 3 heterocycles. The standard InChI is InChI=1S/C19H15ClN6OS/c20-14-3-1-2-13(10-14)17-22-16(27-25-17)11-28-19-24-23-18(26(19)15-4-5-15)12-6-8-21-9-7-12/h1-3,6-10,15H,4-5,11H2. The van der Waals surface area contributed by atoms with Crippen molar-refractivity contribution < 1.29 is 4.52 Å². The molecule has 1 aliphatic carbocycles. The first-order valence-electron chi connectivity index (χ1n) is 8.84. The SMILES string of the molecule is Clc1cccc(-c2noc(CSc3nnc(-c4ccncc4)n3C3CC3)n2)c1. The molecule has 0 atom stereocenters. The Bertz CT molecular complexity index is 1110. The molecular formula is C19H15ClN6OS. The molecule has 5 rings (SSSR count). The molecule has 140 valence electrons. The number of hydrogen-bond acceptors (Lipinski definition) is 7. The molecule has 0 saturated heterocycles. The second-order valence-corrected chi connectivity index (χ2v) is 7.83. The maximum Gasteiger partial charge on any atom is 0.237 e. The highest BCUT2D eigenvalue weighted by Crippen LogP contribution is 2.41. The minimum absolute atomic E-state index is 0.449. The predicted octanol–water partition coefficient (Wildman–Crippen LogP) is 4.67. The first-order valence-corrected chi connectivity index (χ1v) is 10.2. The van der Waals surface area contributed by atoms with Gasteiger partial charge in [-0.3, -0.25) is 9.55 Å². The third-order valence-electron chi connectivity index (χ3n) is 4.39. The van der Waals surface area contributed by atoms with E-state index in [2.05, 4.69) is 29.9 Å². The molecule has 9 heteroatoms. The fourth-order valence-corrected chi connectivity index (χ4v) is 3.95. The largest absolute Gasteiger partial charge is 0.338 e. The molecule has 1 saturated carbocycles. The predicted molar refractivity (Wildman–Crippen MR) is 106 cm³/mol. The molecule has 1 aliphatic rings. The van der Waals surface area contributed by atoms with Crippen LogP contribution in [0.15, 0.2) is 58.5 Å². The van der Waals surface area contributed by atoms with Gasteiger partial charge >= 0.3 is 0 Å². The van der Waals surface area contributed by atoms with Crippen molar-refractivity contribution in [2.45, 2.75) is 29.8 Å². The molecule has 7 nitrogen and oxygen atoms in total. The van der Waals surface area contributed by atoms with Crippen LogP contribution in [0, 0.1) is 0 Å². The van der Waals surface area contributed by atoms with Crippen molar-refractivity contribution in [3.8, 4) is 22.8 Å². The molecule has 0 amide bonds. The molecule has 28 heavy (non-hydrogen) atoms. The van der Waals surface area contributed by atoms with Gasteiger partial charge in [0.2, 0.25) is 11.7 Å². The van der Waals surface area contributed by atoms with E-state index in [-0.39, 0.29) is 0 Å². The highest BCUT2D eigenvalue weighted by atomic mass is 35.5. The monoisotopic (exact) mass is 410 g/mol. The van der Waals surface area contributed by atoms with Crippen molar-refractivity contribution in [2.24, 2.45) is 0 Å². The minimum atomic E-state index is 0.449. The second-order valence-electron chi connectivity index (χ2n) is 6.45. The lowest BCUT2D eigenvalue weighted by Crippen LogP contribution is -2.00. The summed E-state index contributed by atoms with van der Waals surface area (Å²) in [6, 6.07) is 11.7. The van der Waals surface area contributed by atoms with Crippen LogP contribution in [-0.4, -0.2) is 29.9 Å². The van der Waals surface area contributed by atoms with E-state index < -0.39 is 0 Å². The fraction of sp³-hybridized carbons (Fsp3) is 0.211. The van der Waals surface area contributed by atoms with E-state index in [9.17, 15) is 0 Å². The lowest BCUT2D eigenvalue weighted by Gasteiger charge is -2.07. The van der Waals surface area contributed by atoms with Crippen LogP contribution in [0.2, 0.25) is 5.02 Å². The second kappa shape index (κ2) is 7.37. The summed E-state index contributed by atoms with van der Waals surface area (Å²) in [6.45, 7) is 0. The molecular weight excluding hydrogens is 396 g/mol. The van der Waals surface area contributed by atoms with Gasteiger partial charge in [0.05, 0.1) is 5.75 Å². The summed E-state index contributed by atoms with van der Waals surface area (Å²) in [5.74, 6) is 2.46. The average molecular weight is 411 g/mol. The number of aromatic nitrogens is 6. The molecule has 0 bridgehead atoms. The van der Waals surface area contributed by atoms with Gasteiger partial charge in [-0.2, -0.15) is 4.98 Å². The molecule has 3 aromatic heterocycles. The number of hydrogen-bond donors (Lipinski definition) is 0. The summed E-state index contributed by atoms with van der Waals surface area (Å²) in [5.41, 5.74) is 1.84. The van der Waals surface area contributed by atoms with E-state index in [1.807, 2.05) is 36.4 Å². The van der Waals surface area contributed by atoms with Gasteiger partial charge in [0.1, 0.15) is 0 Å². The van der Waals surface area contributed by atoms with Crippen LogP contribution in [-0.2, 0) is 5.75 Å². The first kappa shape index (κ1) is 17.4. The molecule has 0 aliphatic heterocycles. The molecule has 1 fully saturated rings. The fourth-order valence-electron chi connectivity index (χ4n) is 2.92. The zero-order valence-corrected chi connectivity index (χ0v) is 16.3. The highest BCUT2D eigenvalue weighted by molar-refractivity contribution is 7.98. The lowest BCUT2D eigenvalue weighted by atomic mass is 10.2. The van der Waals surface area contributed by atoms with E-state index in [0.717, 1.165) is 34.9 Å². The molecule has 0 unspecified atom stereocenters. The van der Waals surface area contributed by atoms with Gasteiger partial charge in [-0.05, 0) is 37.1 Å². The van der Waals surface area contributed by atoms with Gasteiger partial charge in [0, 0.05) is 34.6 Å². The third kappa shape index (κ3) is 3.53. The summed E-state index contributed by atoms with van der Waals surface area (Å²) < 4.78 is 7.60. The lowest BCUT2D eigenvalue weighted by molar-refractivity contribution is 0.391. The Balaban J connectivity index is 1.36. The van der Waals surface area contributed by atoms with Gasteiger partial charge in [-0.15, -0.1) is 10.2 Å². The van der Waals surface area contributed by atoms with Gasteiger partial charge in [0.25, 0.3) is 0 Å². The highest BCUT2D eigenvalue weighted by Gasteiger charge is 2.30. The number of benzene rings is 1. The minimum Gasteiger partial charge on any atom is -0.338 e. The van der Waals surface area contributed by atoms with Gasteiger partial charge in [0.15, 0.2) is 11.0 Å². The van der Waals surface area contributed by atoms with Crippen molar-refractivity contribution in [3.05, 3.63) is 59.7 Å². The van der Waals surface area contributed by atoms with Crippen LogP contribution in [0.25, 0.3) is 22.8 Å². The summed E-state index contributed by atoms with van der Waals surface area (Å²) >= 11 is 7.58. The summed E-state index contributed by atoms with van der Waals surface area (Å²) in [6.07, 6.45) is 5.82. The van der Waals surface area contributed by atoms with Gasteiger partial charge < -0.3 is 4.52 Å². The topological polar surface area (TPSA) is 82.5 Å². The summed E-state index contributed by atoms with van der Waals surface area (Å²) in [4.78, 5) is 8.55. The zero-order valence-electron chi connectivity index (χ0n) is 14.7. The molecule has 0 spiro atoms. The Labute approximate surface area is 170 Å². The van der Waals surface area contributed by atoms with E-state index in [1.54, 1.807) is 24.2 Å². The van der Waals surface area contributed by atoms with E-state index >= 15 is 0 Å². The molecule has 0 N–H and O–H groups in total. The van der Waals surface area contributed by atoms with Gasteiger partial charge in [-0.25, -0.2) is 0 Å². The summed E-state index contributed by atoms with van der Waals surface area (Å²) in [5, 5.41) is 14.4. The number of halogens is 1. The van der Waals surface area contributed by atoms with Crippen molar-refractivity contribution in [2.75, 3.05) is 0 Å². The first-order chi connectivity index (χ1) is 13.8. The van der Waals surface area contributed by atoms with Crippen LogP contribution < -0.4 is 0 Å². The number of thioether (sulfide) groups is 1. The zero-order chi connectivity index (χ0) is 18.9. The van der Waals surface area contributed by atoms with Crippen molar-refractivity contribution >= 4 is 23.4 Å². The van der Waals surface area contributed by atoms with E-state index in [4.69, 9.17) is 16.1 Å². The maximum atomic E-state index is 6.04. The van der Waals surface area contributed by atoms with Crippen molar-refractivity contribution in [1.82, 2.24) is 29.9 Å². The van der Waals surface area contributed by atoms with E-state index in [0.29, 0.717) is 28.5 Å². The van der Waals surface area contributed by atoms with Crippen LogP contribution in [0.3, 0.4) is 0 Å². The number of nitrogens with zero attached hydrogens (tertiary/aromatic N) is 6. The quantitative estimate of drug-likeness (QED) is 0.427.